The highest BCUT2D eigenvalue weighted by atomic mass is 16.3. The summed E-state index contributed by atoms with van der Waals surface area (Å²) in [4.78, 5) is 6.36. The van der Waals surface area contributed by atoms with Crippen LogP contribution in [-0.4, -0.2) is 17.1 Å². The lowest BCUT2D eigenvalue weighted by molar-refractivity contribution is 0.199. The van der Waals surface area contributed by atoms with Crippen molar-refractivity contribution in [2.45, 2.75) is 26.5 Å². The van der Waals surface area contributed by atoms with Crippen molar-refractivity contribution in [2.24, 2.45) is 0 Å². The van der Waals surface area contributed by atoms with Crippen molar-refractivity contribution in [3.05, 3.63) is 47.5 Å². The van der Waals surface area contributed by atoms with E-state index in [4.69, 9.17) is 4.42 Å². The third kappa shape index (κ3) is 2.54. The van der Waals surface area contributed by atoms with E-state index in [1.165, 1.54) is 0 Å². The first-order chi connectivity index (χ1) is 8.59. The molecule has 0 aliphatic carbocycles. The van der Waals surface area contributed by atoms with E-state index in [1.54, 1.807) is 19.4 Å². The second-order valence-corrected chi connectivity index (χ2v) is 4.45. The summed E-state index contributed by atoms with van der Waals surface area (Å²) in [5, 5.41) is 9.75. The molecule has 0 radical (unpaired) electrons. The van der Waals surface area contributed by atoms with Gasteiger partial charge in [-0.25, -0.2) is 4.98 Å². The van der Waals surface area contributed by atoms with E-state index in [0.717, 1.165) is 22.7 Å². The second-order valence-electron chi connectivity index (χ2n) is 4.45. The number of aryl methyl sites for hydroxylation is 1. The number of aliphatic hydroxyl groups is 1. The van der Waals surface area contributed by atoms with Gasteiger partial charge in [0.15, 0.2) is 0 Å². The molecule has 1 atom stereocenters. The van der Waals surface area contributed by atoms with Crippen LogP contribution in [0.1, 0.15) is 29.9 Å². The zero-order chi connectivity index (χ0) is 13.1. The van der Waals surface area contributed by atoms with Crippen molar-refractivity contribution in [1.82, 2.24) is 4.98 Å². The maximum Gasteiger partial charge on any atom is 0.134 e. The maximum atomic E-state index is 9.75. The summed E-state index contributed by atoms with van der Waals surface area (Å²) in [7, 11) is 1.96. The van der Waals surface area contributed by atoms with Crippen LogP contribution < -0.4 is 4.90 Å². The average molecular weight is 246 g/mol. The average Bonchev–Trinajstić information content (AvgIpc) is 2.75. The van der Waals surface area contributed by atoms with Gasteiger partial charge >= 0.3 is 0 Å². The Bertz CT molecular complexity index is 520. The fourth-order valence-electron chi connectivity index (χ4n) is 1.96. The van der Waals surface area contributed by atoms with Gasteiger partial charge < -0.3 is 14.4 Å². The van der Waals surface area contributed by atoms with Gasteiger partial charge in [0.1, 0.15) is 11.6 Å². The number of hydrogen-bond acceptors (Lipinski definition) is 4. The van der Waals surface area contributed by atoms with Gasteiger partial charge in [0.25, 0.3) is 0 Å². The summed E-state index contributed by atoms with van der Waals surface area (Å²) in [6, 6.07) is 5.69. The fraction of sp³-hybridized carbons (Fsp3) is 0.357. The van der Waals surface area contributed by atoms with Crippen molar-refractivity contribution in [3.63, 3.8) is 0 Å². The van der Waals surface area contributed by atoms with Crippen molar-refractivity contribution in [2.75, 3.05) is 11.9 Å². The van der Waals surface area contributed by atoms with Crippen molar-refractivity contribution < 1.29 is 9.52 Å². The molecular formula is C14H18N2O2. The molecule has 0 unspecified atom stereocenters. The van der Waals surface area contributed by atoms with E-state index in [2.05, 4.69) is 4.98 Å². The summed E-state index contributed by atoms with van der Waals surface area (Å²) >= 11 is 0. The molecule has 2 rings (SSSR count). The molecule has 0 bridgehead atoms. The van der Waals surface area contributed by atoms with Crippen LogP contribution in [0.3, 0.4) is 0 Å². The number of nitrogens with zero attached hydrogens (tertiary/aromatic N) is 2. The SMILES string of the molecule is Cc1occc1CN(C)c1ncccc1[C@@H](C)O. The molecule has 96 valence electrons. The molecule has 0 spiro atoms. The third-order valence-corrected chi connectivity index (χ3v) is 3.00. The number of furan rings is 1. The van der Waals surface area contributed by atoms with E-state index < -0.39 is 6.10 Å². The Morgan fingerprint density at radius 2 is 2.22 bits per heavy atom. The molecule has 1 N–H and O–H groups in total. The Morgan fingerprint density at radius 1 is 1.44 bits per heavy atom. The van der Waals surface area contributed by atoms with Crippen molar-refractivity contribution in [3.8, 4) is 0 Å². The maximum absolute atomic E-state index is 9.75. The second kappa shape index (κ2) is 5.23. The van der Waals surface area contributed by atoms with Crippen LogP contribution in [0.4, 0.5) is 5.82 Å². The minimum atomic E-state index is -0.526. The van der Waals surface area contributed by atoms with E-state index in [-0.39, 0.29) is 0 Å². The molecule has 2 aromatic rings. The summed E-state index contributed by atoms with van der Waals surface area (Å²) in [5.41, 5.74) is 1.96. The van der Waals surface area contributed by atoms with Gasteiger partial charge in [0, 0.05) is 30.9 Å². The lowest BCUT2D eigenvalue weighted by Gasteiger charge is -2.21. The first kappa shape index (κ1) is 12.6. The minimum Gasteiger partial charge on any atom is -0.469 e. The predicted octanol–water partition coefficient (Wildman–Crippen LogP) is 2.67. The Balaban J connectivity index is 2.24. The lowest BCUT2D eigenvalue weighted by Crippen LogP contribution is -2.20. The van der Waals surface area contributed by atoms with Gasteiger partial charge in [-0.05, 0) is 26.0 Å². The molecule has 0 saturated carbocycles. The zero-order valence-electron chi connectivity index (χ0n) is 10.9. The van der Waals surface area contributed by atoms with Crippen LogP contribution in [0, 0.1) is 6.92 Å². The molecular weight excluding hydrogens is 228 g/mol. The molecule has 0 aliphatic heterocycles. The van der Waals surface area contributed by atoms with Crippen molar-refractivity contribution >= 4 is 5.82 Å². The first-order valence-corrected chi connectivity index (χ1v) is 5.96. The van der Waals surface area contributed by atoms with Gasteiger partial charge in [-0.1, -0.05) is 6.07 Å². The monoisotopic (exact) mass is 246 g/mol. The molecule has 18 heavy (non-hydrogen) atoms. The molecule has 0 amide bonds. The highest BCUT2D eigenvalue weighted by Crippen LogP contribution is 2.24. The number of rotatable bonds is 4. The molecule has 0 saturated heterocycles. The standard InChI is InChI=1S/C14H18N2O2/c1-10(17)13-5-4-7-15-14(13)16(3)9-12-6-8-18-11(12)2/h4-8,10,17H,9H2,1-3H3/t10-/m1/s1. The van der Waals surface area contributed by atoms with Crippen LogP contribution in [-0.2, 0) is 6.54 Å². The number of aliphatic hydroxyl groups excluding tert-OH is 1. The summed E-state index contributed by atoms with van der Waals surface area (Å²) < 4.78 is 5.28. The van der Waals surface area contributed by atoms with Crippen LogP contribution in [0.25, 0.3) is 0 Å². The van der Waals surface area contributed by atoms with Gasteiger partial charge in [0.05, 0.1) is 12.4 Å². The predicted molar refractivity (Wildman–Crippen MR) is 70.4 cm³/mol. The number of hydrogen-bond donors (Lipinski definition) is 1. The molecule has 0 fully saturated rings. The quantitative estimate of drug-likeness (QED) is 0.901. The van der Waals surface area contributed by atoms with Gasteiger partial charge in [-0.15, -0.1) is 0 Å². The largest absolute Gasteiger partial charge is 0.469 e. The van der Waals surface area contributed by atoms with Crippen LogP contribution in [0.2, 0.25) is 0 Å². The van der Waals surface area contributed by atoms with Crippen molar-refractivity contribution in [1.29, 1.82) is 0 Å². The highest BCUT2D eigenvalue weighted by Gasteiger charge is 2.14. The Morgan fingerprint density at radius 3 is 2.83 bits per heavy atom. The van der Waals surface area contributed by atoms with E-state index >= 15 is 0 Å². The Kier molecular flexibility index (Phi) is 3.67. The van der Waals surface area contributed by atoms with Gasteiger partial charge in [-0.2, -0.15) is 0 Å². The Hall–Kier alpha value is -1.81. The normalized spacial score (nSPS) is 12.4. The number of pyridine rings is 1. The zero-order valence-corrected chi connectivity index (χ0v) is 10.9. The van der Waals surface area contributed by atoms with Crippen LogP contribution in [0.15, 0.2) is 35.1 Å². The van der Waals surface area contributed by atoms with Crippen LogP contribution >= 0.6 is 0 Å². The van der Waals surface area contributed by atoms with E-state index in [1.807, 2.05) is 37.1 Å². The van der Waals surface area contributed by atoms with Gasteiger partial charge in [-0.3, -0.25) is 0 Å². The van der Waals surface area contributed by atoms with Gasteiger partial charge in [0.2, 0.25) is 0 Å². The smallest absolute Gasteiger partial charge is 0.134 e. The summed E-state index contributed by atoms with van der Waals surface area (Å²) in [6.07, 6.45) is 2.90. The molecule has 4 nitrogen and oxygen atoms in total. The molecule has 2 heterocycles. The first-order valence-electron chi connectivity index (χ1n) is 5.96. The van der Waals surface area contributed by atoms with E-state index in [0.29, 0.717) is 6.54 Å². The highest BCUT2D eigenvalue weighted by molar-refractivity contribution is 5.47. The molecule has 4 heteroatoms. The minimum absolute atomic E-state index is 0.526. The molecule has 0 aromatic carbocycles. The number of aromatic nitrogens is 1. The fourth-order valence-corrected chi connectivity index (χ4v) is 1.96. The topological polar surface area (TPSA) is 49.5 Å². The summed E-state index contributed by atoms with van der Waals surface area (Å²) in [5.74, 6) is 1.71. The molecule has 0 aliphatic rings. The lowest BCUT2D eigenvalue weighted by atomic mass is 10.1. The molecule has 2 aromatic heterocycles. The van der Waals surface area contributed by atoms with Crippen LogP contribution in [0.5, 0.6) is 0 Å². The Labute approximate surface area is 107 Å². The number of anilines is 1. The summed E-state index contributed by atoms with van der Waals surface area (Å²) in [6.45, 7) is 4.40. The third-order valence-electron chi connectivity index (χ3n) is 3.00. The van der Waals surface area contributed by atoms with E-state index in [9.17, 15) is 5.11 Å².